The predicted octanol–water partition coefficient (Wildman–Crippen LogP) is -0.768. The van der Waals surface area contributed by atoms with E-state index >= 15 is 0 Å². The molecule has 0 aliphatic heterocycles. The van der Waals surface area contributed by atoms with E-state index in [4.69, 9.17) is 21.6 Å². The third kappa shape index (κ3) is 7.02. The minimum Gasteiger partial charge on any atom is -0.447 e. The Bertz CT molecular complexity index is 1680. The van der Waals surface area contributed by atoms with Crippen molar-refractivity contribution < 1.29 is 28.2 Å². The van der Waals surface area contributed by atoms with Crippen LogP contribution >= 0.6 is 0 Å². The lowest BCUT2D eigenvalue weighted by Gasteiger charge is -2.15. The number of primary amides is 1. The summed E-state index contributed by atoms with van der Waals surface area (Å²) in [6.45, 7) is -0.606. The van der Waals surface area contributed by atoms with E-state index in [1.807, 2.05) is 55.6 Å². The first-order valence-electron chi connectivity index (χ1n) is 13.3. The lowest BCUT2D eigenvalue weighted by Crippen LogP contribution is -2.49. The Morgan fingerprint density at radius 3 is 2.24 bits per heavy atom. The van der Waals surface area contributed by atoms with Crippen molar-refractivity contribution in [3.63, 3.8) is 0 Å². The lowest BCUT2D eigenvalue weighted by molar-refractivity contribution is -0.616. The molecule has 0 unspecified atom stereocenters. The van der Waals surface area contributed by atoms with E-state index in [-0.39, 0.29) is 32.0 Å². The van der Waals surface area contributed by atoms with Crippen LogP contribution in [0.1, 0.15) is 12.8 Å². The SMILES string of the molecule is C[n+]1c2ccccc2c(NCC(=O)NCC(=O)NCC(=O)N[C@@H](CCCN=C(N)N)C(N)=O)c2oc3ccccc3c21. The summed E-state index contributed by atoms with van der Waals surface area (Å²) < 4.78 is 8.23. The summed E-state index contributed by atoms with van der Waals surface area (Å²) in [5.41, 5.74) is 19.7. The van der Waals surface area contributed by atoms with Crippen molar-refractivity contribution in [1.29, 1.82) is 0 Å². The van der Waals surface area contributed by atoms with Gasteiger partial charge in [-0.25, -0.2) is 0 Å². The number of para-hydroxylation sites is 2. The molecule has 10 N–H and O–H groups in total. The Morgan fingerprint density at radius 2 is 1.52 bits per heavy atom. The van der Waals surface area contributed by atoms with E-state index in [2.05, 4.69) is 30.8 Å². The number of nitrogens with zero attached hydrogens (tertiary/aromatic N) is 2. The molecule has 0 aliphatic carbocycles. The van der Waals surface area contributed by atoms with Gasteiger partial charge in [0.2, 0.25) is 34.7 Å². The van der Waals surface area contributed by atoms with Crippen LogP contribution in [0.2, 0.25) is 0 Å². The number of hydrogen-bond donors (Lipinski definition) is 7. The number of nitrogens with one attached hydrogen (secondary N) is 4. The fourth-order valence-corrected chi connectivity index (χ4v) is 4.62. The molecule has 42 heavy (non-hydrogen) atoms. The Morgan fingerprint density at radius 1 is 0.881 bits per heavy atom. The number of rotatable bonds is 13. The fourth-order valence-electron chi connectivity index (χ4n) is 4.62. The van der Waals surface area contributed by atoms with Crippen LogP contribution in [-0.2, 0) is 26.2 Å². The van der Waals surface area contributed by atoms with Crippen molar-refractivity contribution in [3.8, 4) is 0 Å². The van der Waals surface area contributed by atoms with Crippen molar-refractivity contribution in [2.45, 2.75) is 18.9 Å². The van der Waals surface area contributed by atoms with Crippen LogP contribution in [-0.4, -0.2) is 61.8 Å². The number of aliphatic imine (C=N–C) groups is 1. The van der Waals surface area contributed by atoms with Gasteiger partial charge in [0.1, 0.15) is 18.7 Å². The van der Waals surface area contributed by atoms with Gasteiger partial charge in [0.15, 0.2) is 5.96 Å². The molecule has 0 bridgehead atoms. The first kappa shape index (κ1) is 29.6. The second kappa shape index (κ2) is 13.3. The highest BCUT2D eigenvalue weighted by atomic mass is 16.3. The van der Waals surface area contributed by atoms with Gasteiger partial charge in [0, 0.05) is 12.6 Å². The van der Waals surface area contributed by atoms with Crippen LogP contribution in [0.3, 0.4) is 0 Å². The first-order valence-corrected chi connectivity index (χ1v) is 13.3. The highest BCUT2D eigenvalue weighted by Gasteiger charge is 2.24. The quantitative estimate of drug-likeness (QED) is 0.0462. The van der Waals surface area contributed by atoms with E-state index in [0.717, 1.165) is 27.4 Å². The molecule has 4 rings (SSSR count). The highest BCUT2D eigenvalue weighted by Crippen LogP contribution is 2.35. The molecule has 14 nitrogen and oxygen atoms in total. The van der Waals surface area contributed by atoms with Crippen LogP contribution < -0.4 is 43.0 Å². The molecule has 0 saturated carbocycles. The van der Waals surface area contributed by atoms with Crippen molar-refractivity contribution in [1.82, 2.24) is 16.0 Å². The second-order valence-electron chi connectivity index (χ2n) is 9.61. The van der Waals surface area contributed by atoms with Crippen LogP contribution in [0.4, 0.5) is 5.69 Å². The van der Waals surface area contributed by atoms with Crippen LogP contribution in [0.5, 0.6) is 0 Å². The predicted molar refractivity (Wildman–Crippen MR) is 158 cm³/mol. The number of benzene rings is 2. The summed E-state index contributed by atoms with van der Waals surface area (Å²) >= 11 is 0. The zero-order valence-electron chi connectivity index (χ0n) is 23.1. The molecule has 220 valence electrons. The minimum absolute atomic E-state index is 0.0773. The number of carbonyl (C=O) groups is 4. The molecule has 4 amide bonds. The maximum absolute atomic E-state index is 12.6. The molecule has 2 heterocycles. The number of aryl methyl sites for hydroxylation is 1. The van der Waals surface area contributed by atoms with Gasteiger partial charge in [-0.1, -0.05) is 24.3 Å². The van der Waals surface area contributed by atoms with Crippen molar-refractivity contribution in [3.05, 3.63) is 48.5 Å². The Balaban J connectivity index is 1.31. The molecule has 0 fully saturated rings. The number of fused-ring (bicyclic) bond motifs is 4. The number of pyridine rings is 1. The first-order chi connectivity index (χ1) is 20.2. The summed E-state index contributed by atoms with van der Waals surface area (Å²) in [5, 5.41) is 12.4. The zero-order valence-corrected chi connectivity index (χ0v) is 23.1. The molecular weight excluding hydrogens is 542 g/mol. The molecule has 0 aliphatic rings. The number of anilines is 1. The normalized spacial score (nSPS) is 11.6. The number of amides is 4. The summed E-state index contributed by atoms with van der Waals surface area (Å²) in [7, 11) is 1.96. The molecule has 4 aromatic rings. The fraction of sp³-hybridized carbons (Fsp3) is 0.286. The van der Waals surface area contributed by atoms with Crippen molar-refractivity contribution in [2.75, 3.05) is 31.5 Å². The molecular formula is C28H34N9O5+. The van der Waals surface area contributed by atoms with Gasteiger partial charge in [-0.15, -0.1) is 0 Å². The minimum atomic E-state index is -0.941. The van der Waals surface area contributed by atoms with Crippen LogP contribution in [0.25, 0.3) is 33.0 Å². The maximum Gasteiger partial charge on any atom is 0.261 e. The van der Waals surface area contributed by atoms with Crippen LogP contribution in [0.15, 0.2) is 57.9 Å². The molecule has 2 aromatic carbocycles. The van der Waals surface area contributed by atoms with E-state index in [0.29, 0.717) is 17.7 Å². The monoisotopic (exact) mass is 576 g/mol. The second-order valence-corrected chi connectivity index (χ2v) is 9.61. The third-order valence-electron chi connectivity index (χ3n) is 6.61. The summed E-state index contributed by atoms with van der Waals surface area (Å²) in [6, 6.07) is 14.5. The number of aromatic nitrogens is 1. The molecule has 1 atom stereocenters. The number of guanidine groups is 1. The standard InChI is InChI=1S/C28H33N9O5/c1-37-19-10-4-2-7-16(19)24(26-25(37)17-8-3-5-11-20(17)42-26)35-14-22(39)33-13-21(38)34-15-23(40)36-18(27(29)41)9-6-12-32-28(30)31/h2-5,7-8,10-11,18H,6,9,12-15H2,1H3,(H9,29,30,31,32,33,34,36,38,39,40,41)/p+1/t18-/m0/s1. The largest absolute Gasteiger partial charge is 0.447 e. The van der Waals surface area contributed by atoms with Gasteiger partial charge >= 0.3 is 0 Å². The summed E-state index contributed by atoms with van der Waals surface area (Å²) in [5.74, 6) is -2.43. The summed E-state index contributed by atoms with van der Waals surface area (Å²) in [6.07, 6.45) is 0.640. The Kier molecular flexibility index (Phi) is 9.37. The van der Waals surface area contributed by atoms with Gasteiger partial charge in [0.05, 0.1) is 36.1 Å². The zero-order chi connectivity index (χ0) is 30.2. The summed E-state index contributed by atoms with van der Waals surface area (Å²) in [4.78, 5) is 52.5. The topological polar surface area (TPSA) is 224 Å². The third-order valence-corrected chi connectivity index (χ3v) is 6.61. The van der Waals surface area contributed by atoms with E-state index in [1.54, 1.807) is 0 Å². The van der Waals surface area contributed by atoms with E-state index in [1.165, 1.54) is 0 Å². The highest BCUT2D eigenvalue weighted by molar-refractivity contribution is 6.11. The molecule has 14 heteroatoms. The Labute approximate surface area is 240 Å². The van der Waals surface area contributed by atoms with E-state index in [9.17, 15) is 19.2 Å². The van der Waals surface area contributed by atoms with Crippen molar-refractivity contribution >= 4 is 68.2 Å². The van der Waals surface area contributed by atoms with Gasteiger partial charge in [0.25, 0.3) is 5.52 Å². The number of hydrogen-bond acceptors (Lipinski definition) is 7. The average molecular weight is 577 g/mol. The van der Waals surface area contributed by atoms with Gasteiger partial charge in [-0.2, -0.15) is 4.57 Å². The van der Waals surface area contributed by atoms with Crippen molar-refractivity contribution in [2.24, 2.45) is 29.2 Å². The lowest BCUT2D eigenvalue weighted by atomic mass is 10.1. The number of nitrogens with two attached hydrogens (primary N) is 3. The average Bonchev–Trinajstić information content (AvgIpc) is 3.36. The van der Waals surface area contributed by atoms with Gasteiger partial charge in [-0.05, 0) is 31.0 Å². The van der Waals surface area contributed by atoms with Crippen LogP contribution in [0, 0.1) is 0 Å². The van der Waals surface area contributed by atoms with Gasteiger partial charge in [-0.3, -0.25) is 24.2 Å². The van der Waals surface area contributed by atoms with E-state index < -0.39 is 36.2 Å². The smallest absolute Gasteiger partial charge is 0.261 e. The number of furan rings is 1. The molecule has 2 aromatic heterocycles. The van der Waals surface area contributed by atoms with Gasteiger partial charge < -0.3 is 42.9 Å². The Hall–Kier alpha value is -5.40. The maximum atomic E-state index is 12.6. The molecule has 0 radical (unpaired) electrons. The number of carbonyl (C=O) groups excluding carboxylic acids is 4. The molecule has 0 spiro atoms. The molecule has 0 saturated heterocycles.